The zero-order valence-corrected chi connectivity index (χ0v) is 16.8. The van der Waals surface area contributed by atoms with E-state index in [4.69, 9.17) is 32.7 Å². The van der Waals surface area contributed by atoms with Gasteiger partial charge >= 0.3 is 0 Å². The lowest BCUT2D eigenvalue weighted by atomic mass is 10.2. The van der Waals surface area contributed by atoms with Gasteiger partial charge in [0.05, 0.1) is 24.2 Å². The number of nitrogens with zero attached hydrogens (tertiary/aromatic N) is 1. The van der Waals surface area contributed by atoms with Gasteiger partial charge in [0.15, 0.2) is 6.61 Å². The average Bonchev–Trinajstić information content (AvgIpc) is 2.66. The van der Waals surface area contributed by atoms with Gasteiger partial charge in [-0.3, -0.25) is 9.59 Å². The second-order valence-corrected chi connectivity index (χ2v) is 6.51. The maximum atomic E-state index is 12.1. The van der Waals surface area contributed by atoms with Crippen LogP contribution < -0.4 is 20.2 Å². The SMILES string of the molecule is COc1ccccc1NC(=O)CC(C)=NNC(=O)COc1ccc(Cl)cc1Cl. The summed E-state index contributed by atoms with van der Waals surface area (Å²) in [6, 6.07) is 11.7. The predicted molar refractivity (Wildman–Crippen MR) is 109 cm³/mol. The van der Waals surface area contributed by atoms with E-state index in [1.807, 2.05) is 0 Å². The molecule has 28 heavy (non-hydrogen) atoms. The number of amides is 2. The number of para-hydroxylation sites is 2. The molecular weight excluding hydrogens is 405 g/mol. The molecule has 0 atom stereocenters. The Hall–Kier alpha value is -2.77. The molecule has 2 N–H and O–H groups in total. The molecule has 2 amide bonds. The molecule has 0 radical (unpaired) electrons. The van der Waals surface area contributed by atoms with Crippen molar-refractivity contribution in [1.82, 2.24) is 5.43 Å². The molecule has 148 valence electrons. The van der Waals surface area contributed by atoms with Crippen molar-refractivity contribution in [2.75, 3.05) is 19.0 Å². The van der Waals surface area contributed by atoms with Crippen LogP contribution >= 0.6 is 23.2 Å². The van der Waals surface area contributed by atoms with Crippen molar-refractivity contribution in [3.63, 3.8) is 0 Å². The molecule has 0 spiro atoms. The van der Waals surface area contributed by atoms with Crippen LogP contribution in [-0.4, -0.2) is 31.2 Å². The maximum absolute atomic E-state index is 12.1. The number of nitrogens with one attached hydrogen (secondary N) is 2. The van der Waals surface area contributed by atoms with Crippen LogP contribution in [0.2, 0.25) is 10.0 Å². The quantitative estimate of drug-likeness (QED) is 0.497. The summed E-state index contributed by atoms with van der Waals surface area (Å²) < 4.78 is 10.5. The third-order valence-corrected chi connectivity index (χ3v) is 3.95. The molecule has 2 aromatic carbocycles. The normalized spacial score (nSPS) is 10.9. The van der Waals surface area contributed by atoms with Crippen molar-refractivity contribution < 1.29 is 19.1 Å². The average molecular weight is 424 g/mol. The molecular formula is C19H19Cl2N3O4. The van der Waals surface area contributed by atoms with Crippen LogP contribution in [0.3, 0.4) is 0 Å². The fourth-order valence-electron chi connectivity index (χ4n) is 2.14. The van der Waals surface area contributed by atoms with Gasteiger partial charge in [-0.2, -0.15) is 5.10 Å². The summed E-state index contributed by atoms with van der Waals surface area (Å²) in [4.78, 5) is 23.9. The third kappa shape index (κ3) is 6.75. The molecule has 0 fully saturated rings. The Morgan fingerprint density at radius 3 is 2.54 bits per heavy atom. The van der Waals surface area contributed by atoms with Crippen LogP contribution in [0.15, 0.2) is 47.6 Å². The van der Waals surface area contributed by atoms with Gasteiger partial charge < -0.3 is 14.8 Å². The Kier molecular flexibility index (Phi) is 8.10. The van der Waals surface area contributed by atoms with Crippen LogP contribution in [0.5, 0.6) is 11.5 Å². The first-order chi connectivity index (χ1) is 13.4. The zero-order valence-electron chi connectivity index (χ0n) is 15.3. The van der Waals surface area contributed by atoms with Crippen LogP contribution in [0.25, 0.3) is 0 Å². The Balaban J connectivity index is 1.81. The monoisotopic (exact) mass is 423 g/mol. The molecule has 0 aliphatic carbocycles. The van der Waals surface area contributed by atoms with E-state index in [0.717, 1.165) is 0 Å². The number of benzene rings is 2. The minimum Gasteiger partial charge on any atom is -0.495 e. The molecule has 2 rings (SSSR count). The molecule has 0 aliphatic heterocycles. The van der Waals surface area contributed by atoms with Gasteiger partial charge in [0.1, 0.15) is 11.5 Å². The summed E-state index contributed by atoms with van der Waals surface area (Å²) in [6.07, 6.45) is 0.00218. The van der Waals surface area contributed by atoms with Crippen molar-refractivity contribution in [2.24, 2.45) is 5.10 Å². The molecule has 0 heterocycles. The van der Waals surface area contributed by atoms with Crippen LogP contribution in [0.1, 0.15) is 13.3 Å². The van der Waals surface area contributed by atoms with Gasteiger partial charge in [-0.15, -0.1) is 0 Å². The predicted octanol–water partition coefficient (Wildman–Crippen LogP) is 3.90. The lowest BCUT2D eigenvalue weighted by Gasteiger charge is -2.10. The third-order valence-electron chi connectivity index (χ3n) is 3.42. The van der Waals surface area contributed by atoms with Gasteiger partial charge in [0.25, 0.3) is 5.91 Å². The summed E-state index contributed by atoms with van der Waals surface area (Å²) >= 11 is 11.8. The molecule has 2 aromatic rings. The van der Waals surface area contributed by atoms with Gasteiger partial charge in [-0.05, 0) is 37.3 Å². The molecule has 0 unspecified atom stereocenters. The van der Waals surface area contributed by atoms with Crippen LogP contribution in [0.4, 0.5) is 5.69 Å². The van der Waals surface area contributed by atoms with Crippen molar-refractivity contribution in [3.05, 3.63) is 52.5 Å². The number of carbonyl (C=O) groups excluding carboxylic acids is 2. The number of hydrogen-bond donors (Lipinski definition) is 2. The van der Waals surface area contributed by atoms with Crippen LogP contribution in [-0.2, 0) is 9.59 Å². The second-order valence-electron chi connectivity index (χ2n) is 5.67. The Labute approximate surface area is 172 Å². The van der Waals surface area contributed by atoms with E-state index >= 15 is 0 Å². The summed E-state index contributed by atoms with van der Waals surface area (Å²) in [5.74, 6) is 0.106. The maximum Gasteiger partial charge on any atom is 0.277 e. The fourth-order valence-corrected chi connectivity index (χ4v) is 2.60. The van der Waals surface area contributed by atoms with Crippen molar-refractivity contribution in [3.8, 4) is 11.5 Å². The van der Waals surface area contributed by atoms with Crippen molar-refractivity contribution in [2.45, 2.75) is 13.3 Å². The van der Waals surface area contributed by atoms with Crippen LogP contribution in [0, 0.1) is 0 Å². The molecule has 7 nitrogen and oxygen atoms in total. The van der Waals surface area contributed by atoms with E-state index in [1.54, 1.807) is 43.3 Å². The number of methoxy groups -OCH3 is 1. The van der Waals surface area contributed by atoms with Gasteiger partial charge in [0, 0.05) is 10.7 Å². The molecule has 0 saturated carbocycles. The van der Waals surface area contributed by atoms with Crippen molar-refractivity contribution >= 4 is 46.4 Å². The van der Waals surface area contributed by atoms with E-state index in [0.29, 0.717) is 32.9 Å². The highest BCUT2D eigenvalue weighted by atomic mass is 35.5. The number of anilines is 1. The molecule has 0 bridgehead atoms. The minimum absolute atomic E-state index is 0.00218. The first-order valence-corrected chi connectivity index (χ1v) is 8.97. The van der Waals surface area contributed by atoms with E-state index in [2.05, 4.69) is 15.8 Å². The summed E-state index contributed by atoms with van der Waals surface area (Å²) in [5, 5.41) is 7.38. The topological polar surface area (TPSA) is 89.0 Å². The van der Waals surface area contributed by atoms with Crippen molar-refractivity contribution in [1.29, 1.82) is 0 Å². The Bertz CT molecular complexity index is 887. The lowest BCUT2D eigenvalue weighted by molar-refractivity contribution is -0.123. The standard InChI is InChI=1S/C19H19Cl2N3O4/c1-12(9-18(25)22-15-5-3-4-6-17(15)27-2)23-24-19(26)11-28-16-8-7-13(20)10-14(16)21/h3-8,10H,9,11H2,1-2H3,(H,22,25)(H,24,26). The molecule has 9 heteroatoms. The lowest BCUT2D eigenvalue weighted by Crippen LogP contribution is -2.26. The molecule has 0 aromatic heterocycles. The molecule has 0 saturated heterocycles. The zero-order chi connectivity index (χ0) is 20.5. The summed E-state index contributed by atoms with van der Waals surface area (Å²) in [5.41, 5.74) is 3.30. The fraction of sp³-hybridized carbons (Fsp3) is 0.211. The first-order valence-electron chi connectivity index (χ1n) is 8.21. The number of hydrogen-bond acceptors (Lipinski definition) is 5. The number of hydrazone groups is 1. The second kappa shape index (κ2) is 10.5. The largest absolute Gasteiger partial charge is 0.495 e. The number of rotatable bonds is 8. The minimum atomic E-state index is -0.490. The summed E-state index contributed by atoms with van der Waals surface area (Å²) in [6.45, 7) is 1.34. The van der Waals surface area contributed by atoms with Gasteiger partial charge in [-0.1, -0.05) is 35.3 Å². The Morgan fingerprint density at radius 2 is 1.82 bits per heavy atom. The van der Waals surface area contributed by atoms with Gasteiger partial charge in [0.2, 0.25) is 5.91 Å². The number of carbonyl (C=O) groups is 2. The number of ether oxygens (including phenoxy) is 2. The first kappa shape index (κ1) is 21.5. The van der Waals surface area contributed by atoms with E-state index in [-0.39, 0.29) is 18.9 Å². The highest BCUT2D eigenvalue weighted by Gasteiger charge is 2.09. The highest BCUT2D eigenvalue weighted by Crippen LogP contribution is 2.27. The Morgan fingerprint density at radius 1 is 1.07 bits per heavy atom. The van der Waals surface area contributed by atoms with E-state index < -0.39 is 5.91 Å². The highest BCUT2D eigenvalue weighted by molar-refractivity contribution is 6.35. The van der Waals surface area contributed by atoms with E-state index in [1.165, 1.54) is 13.2 Å². The number of halogens is 2. The molecule has 0 aliphatic rings. The van der Waals surface area contributed by atoms with E-state index in [9.17, 15) is 9.59 Å². The smallest absolute Gasteiger partial charge is 0.277 e. The summed E-state index contributed by atoms with van der Waals surface area (Å²) in [7, 11) is 1.52. The van der Waals surface area contributed by atoms with Gasteiger partial charge in [-0.25, -0.2) is 5.43 Å².